The fraction of sp³-hybridized carbons (Fsp3) is 0.0455. The number of allylic oxidation sites excluding steroid dienone is 1. The molecule has 8 heteroatoms. The molecule has 356 valence electrons. The van der Waals surface area contributed by atoms with Crippen LogP contribution in [0, 0.1) is 11.3 Å². The molecule has 0 saturated heterocycles. The predicted octanol–water partition coefficient (Wildman–Crippen LogP) is 17.0. The summed E-state index contributed by atoms with van der Waals surface area (Å²) in [5, 5.41) is 18.5. The second-order valence-electron chi connectivity index (χ2n) is 18.0. The summed E-state index contributed by atoms with van der Waals surface area (Å²) in [5.74, 6) is 0. The van der Waals surface area contributed by atoms with Crippen LogP contribution in [0.1, 0.15) is 26.3 Å². The van der Waals surface area contributed by atoms with E-state index >= 15 is 8.42 Å². The Morgan fingerprint density at radius 3 is 1.00 bits per heavy atom. The maximum absolute atomic E-state index is 15.1. The van der Waals surface area contributed by atoms with Crippen molar-refractivity contribution in [1.82, 2.24) is 18.3 Å². The van der Waals surface area contributed by atoms with E-state index in [1.54, 1.807) is 30.3 Å². The van der Waals surface area contributed by atoms with Crippen molar-refractivity contribution in [1.29, 1.82) is 5.26 Å². The molecular formula is C66H49N5O2S. The molecule has 0 saturated carbocycles. The summed E-state index contributed by atoms with van der Waals surface area (Å²) in [6.45, 7) is 9.25. The molecule has 0 aliphatic heterocycles. The van der Waals surface area contributed by atoms with Gasteiger partial charge in [0.25, 0.3) is 0 Å². The van der Waals surface area contributed by atoms with Gasteiger partial charge in [0, 0.05) is 65.8 Å². The summed E-state index contributed by atoms with van der Waals surface area (Å²) in [6, 6.07) is 77.7. The molecule has 0 fully saturated rings. The van der Waals surface area contributed by atoms with Gasteiger partial charge in [-0.05, 0) is 122 Å². The zero-order valence-corrected chi connectivity index (χ0v) is 41.9. The number of benzene rings is 10. The third kappa shape index (κ3) is 6.97. The van der Waals surface area contributed by atoms with Gasteiger partial charge >= 0.3 is 0 Å². The molecule has 0 aliphatic carbocycles. The highest BCUT2D eigenvalue weighted by molar-refractivity contribution is 7.91. The van der Waals surface area contributed by atoms with Gasteiger partial charge in [0.15, 0.2) is 0 Å². The highest BCUT2D eigenvalue weighted by Crippen LogP contribution is 2.45. The second-order valence-corrected chi connectivity index (χ2v) is 20.0. The topological polar surface area (TPSA) is 77.7 Å². The van der Waals surface area contributed by atoms with Crippen LogP contribution < -0.4 is 0 Å². The summed E-state index contributed by atoms with van der Waals surface area (Å²) in [6.07, 6.45) is 1.75. The molecule has 4 aromatic heterocycles. The van der Waals surface area contributed by atoms with Crippen molar-refractivity contribution in [2.24, 2.45) is 0 Å². The van der Waals surface area contributed by atoms with Gasteiger partial charge in [0.05, 0.1) is 65.6 Å². The van der Waals surface area contributed by atoms with Crippen LogP contribution in [0.2, 0.25) is 0 Å². The maximum atomic E-state index is 15.1. The number of fused-ring (bicyclic) bond motifs is 14. The van der Waals surface area contributed by atoms with Gasteiger partial charge in [-0.2, -0.15) is 5.26 Å². The molecule has 4 heterocycles. The molecule has 0 unspecified atom stereocenters. The number of para-hydroxylation sites is 6. The lowest BCUT2D eigenvalue weighted by Crippen LogP contribution is -2.06. The zero-order valence-electron chi connectivity index (χ0n) is 41.1. The van der Waals surface area contributed by atoms with Crippen LogP contribution in [-0.4, -0.2) is 26.7 Å². The summed E-state index contributed by atoms with van der Waals surface area (Å²) < 4.78 is 39.4. The van der Waals surface area contributed by atoms with E-state index in [1.807, 2.05) is 45.0 Å². The van der Waals surface area contributed by atoms with Gasteiger partial charge in [0.2, 0.25) is 9.84 Å². The molecular weight excluding hydrogens is 927 g/mol. The number of nitriles is 1. The fourth-order valence-corrected chi connectivity index (χ4v) is 12.4. The molecule has 0 aliphatic rings. The van der Waals surface area contributed by atoms with E-state index in [9.17, 15) is 5.26 Å². The van der Waals surface area contributed by atoms with E-state index in [-0.39, 0.29) is 9.79 Å². The number of rotatable bonds is 6. The smallest absolute Gasteiger partial charge is 0.206 e. The van der Waals surface area contributed by atoms with E-state index < -0.39 is 9.84 Å². The van der Waals surface area contributed by atoms with Crippen molar-refractivity contribution in [3.8, 4) is 28.8 Å². The third-order valence-electron chi connectivity index (χ3n) is 14.0. The fourth-order valence-electron chi connectivity index (χ4n) is 11.1. The summed E-state index contributed by atoms with van der Waals surface area (Å²) in [5.41, 5.74) is 12.1. The van der Waals surface area contributed by atoms with Gasteiger partial charge in [0.1, 0.15) is 0 Å². The van der Waals surface area contributed by atoms with Gasteiger partial charge < -0.3 is 18.3 Å². The minimum atomic E-state index is -4.13. The summed E-state index contributed by atoms with van der Waals surface area (Å²) in [7, 11) is -4.13. The predicted molar refractivity (Wildman–Crippen MR) is 308 cm³/mol. The highest BCUT2D eigenvalue weighted by atomic mass is 32.2. The molecule has 0 bridgehead atoms. The normalized spacial score (nSPS) is 11.6. The Labute approximate surface area is 428 Å². The van der Waals surface area contributed by atoms with Crippen LogP contribution in [0.25, 0.3) is 110 Å². The first-order chi connectivity index (χ1) is 36.4. The Kier molecular flexibility index (Phi) is 11.3. The molecule has 0 amide bonds. The van der Waals surface area contributed by atoms with Crippen molar-refractivity contribution in [3.63, 3.8) is 0 Å². The van der Waals surface area contributed by atoms with Crippen molar-refractivity contribution in [2.45, 2.75) is 30.6 Å². The first kappa shape index (κ1) is 45.7. The number of nitrogens with zero attached hydrogens (tertiary/aromatic N) is 5. The first-order valence-corrected chi connectivity index (χ1v) is 26.4. The van der Waals surface area contributed by atoms with Crippen molar-refractivity contribution in [3.05, 3.63) is 243 Å². The minimum Gasteiger partial charge on any atom is -0.309 e. The van der Waals surface area contributed by atoms with Gasteiger partial charge in [-0.3, -0.25) is 0 Å². The molecule has 14 aromatic rings. The van der Waals surface area contributed by atoms with Gasteiger partial charge in [-0.1, -0.05) is 129 Å². The number of aromatic nitrogens is 4. The summed E-state index contributed by atoms with van der Waals surface area (Å²) in [4.78, 5) is 0.250. The molecule has 0 radical (unpaired) electrons. The monoisotopic (exact) mass is 975 g/mol. The van der Waals surface area contributed by atoms with E-state index in [0.29, 0.717) is 16.9 Å². The molecule has 10 aromatic carbocycles. The van der Waals surface area contributed by atoms with Crippen molar-refractivity contribution >= 4 is 97.1 Å². The lowest BCUT2D eigenvalue weighted by atomic mass is 10.1. The second kappa shape index (κ2) is 18.3. The number of sulfone groups is 1. The Morgan fingerprint density at radius 2 is 0.676 bits per heavy atom. The lowest BCUT2D eigenvalue weighted by Gasteiger charge is -2.16. The lowest BCUT2D eigenvalue weighted by molar-refractivity contribution is 0.596. The standard InChI is InChI=1S/C61H37N5O2S.C3H6.C2H6/c62-38-39-27-29-44(30-28-39)69(67,68)45-36-42(65-52-25-13-9-21-48(52)60-56(65)33-31-54-58(60)46-19-7-11-23-50(46)63(54)40-15-3-1-4-16-40)35-43(37-45)66-53-26-14-10-22-49(53)61-57(66)34-32-55-59(61)47-20-8-12-24-51(47)64(55)41-17-5-2-6-18-41;1-3-2;1-2/h1-37H;3H,1H2,2H3;1-2H3. The minimum absolute atomic E-state index is 0.111. The van der Waals surface area contributed by atoms with E-state index in [1.165, 1.54) is 12.1 Å². The van der Waals surface area contributed by atoms with Crippen LogP contribution in [-0.2, 0) is 9.84 Å². The van der Waals surface area contributed by atoms with Crippen LogP contribution in [0.15, 0.2) is 247 Å². The average Bonchev–Trinajstić information content (AvgIpc) is 4.20. The Morgan fingerprint density at radius 1 is 0.378 bits per heavy atom. The van der Waals surface area contributed by atoms with Gasteiger partial charge in [-0.15, -0.1) is 6.58 Å². The van der Waals surface area contributed by atoms with E-state index in [0.717, 1.165) is 98.6 Å². The van der Waals surface area contributed by atoms with E-state index in [2.05, 4.69) is 195 Å². The molecule has 14 rings (SSSR count). The molecule has 0 atom stereocenters. The van der Waals surface area contributed by atoms with E-state index in [4.69, 9.17) is 0 Å². The molecule has 0 spiro atoms. The number of hydrogen-bond donors (Lipinski definition) is 0. The Hall–Kier alpha value is -9.42. The third-order valence-corrected chi connectivity index (χ3v) is 15.7. The molecule has 0 N–H and O–H groups in total. The van der Waals surface area contributed by atoms with Crippen LogP contribution in [0.4, 0.5) is 0 Å². The zero-order chi connectivity index (χ0) is 50.7. The maximum Gasteiger partial charge on any atom is 0.206 e. The first-order valence-electron chi connectivity index (χ1n) is 24.9. The highest BCUT2D eigenvalue weighted by Gasteiger charge is 2.26. The number of hydrogen-bond acceptors (Lipinski definition) is 3. The van der Waals surface area contributed by atoms with Crippen LogP contribution in [0.3, 0.4) is 0 Å². The van der Waals surface area contributed by atoms with Crippen molar-refractivity contribution in [2.75, 3.05) is 0 Å². The Balaban J connectivity index is 0.00000108. The molecule has 7 nitrogen and oxygen atoms in total. The average molecular weight is 976 g/mol. The quantitative estimate of drug-likeness (QED) is 0.156. The molecule has 74 heavy (non-hydrogen) atoms. The largest absolute Gasteiger partial charge is 0.309 e. The SMILES string of the molecule is C=CC.CC.N#Cc1ccc(S(=O)(=O)c2cc(-n3c4ccccc4c4c5c6ccccc6n(-c6ccccc6)c5ccc43)cc(-n3c4ccccc4c4c5c6ccccc6n(-c6ccccc6)c5ccc43)c2)cc1. The Bertz CT molecular complexity index is 4420. The van der Waals surface area contributed by atoms with Crippen LogP contribution in [0.5, 0.6) is 0 Å². The van der Waals surface area contributed by atoms with Crippen molar-refractivity contribution < 1.29 is 8.42 Å². The van der Waals surface area contributed by atoms with Gasteiger partial charge in [-0.25, -0.2) is 8.42 Å². The van der Waals surface area contributed by atoms with Crippen LogP contribution >= 0.6 is 0 Å². The summed E-state index contributed by atoms with van der Waals surface area (Å²) >= 11 is 0.